The van der Waals surface area contributed by atoms with E-state index in [2.05, 4.69) is 15.3 Å². The smallest absolute Gasteiger partial charge is 0.306 e. The second kappa shape index (κ2) is 8.33. The van der Waals surface area contributed by atoms with Gasteiger partial charge in [-0.2, -0.15) is 8.42 Å². The van der Waals surface area contributed by atoms with Gasteiger partial charge in [-0.15, -0.1) is 0 Å². The Morgan fingerprint density at radius 3 is 1.60 bits per heavy atom. The maximum Gasteiger partial charge on any atom is 0.394 e. The van der Waals surface area contributed by atoms with Crippen molar-refractivity contribution < 1.29 is 17.5 Å². The van der Waals surface area contributed by atoms with Crippen molar-refractivity contribution in [2.75, 3.05) is 0 Å². The fourth-order valence-corrected chi connectivity index (χ4v) is 1.32. The van der Waals surface area contributed by atoms with E-state index in [1.54, 1.807) is 12.4 Å². The predicted octanol–water partition coefficient (Wildman–Crippen LogP) is 1.11. The molecular weight excluding hydrogens is 282 g/mol. The van der Waals surface area contributed by atoms with Gasteiger partial charge in [0, 0.05) is 25.5 Å². The topological polar surface area (TPSA) is 112 Å². The van der Waals surface area contributed by atoms with Gasteiger partial charge >= 0.3 is 10.4 Å². The van der Waals surface area contributed by atoms with Gasteiger partial charge in [0.15, 0.2) is 0 Å². The minimum absolute atomic E-state index is 0.775. The van der Waals surface area contributed by atoms with Crippen molar-refractivity contribution >= 4 is 10.4 Å². The van der Waals surface area contributed by atoms with Gasteiger partial charge in [-0.1, -0.05) is 12.1 Å². The summed E-state index contributed by atoms with van der Waals surface area (Å²) < 4.78 is 31.6. The molecule has 0 aromatic carbocycles. The molecule has 0 saturated heterocycles. The molecule has 2 rings (SSSR count). The highest BCUT2D eigenvalue weighted by Crippen LogP contribution is 1.95. The van der Waals surface area contributed by atoms with Crippen LogP contribution in [0, 0.1) is 0 Å². The second-order valence-electron chi connectivity index (χ2n) is 3.69. The summed E-state index contributed by atoms with van der Waals surface area (Å²) in [4.78, 5) is 8.45. The quantitative estimate of drug-likeness (QED) is 0.725. The van der Waals surface area contributed by atoms with Crippen molar-refractivity contribution in [1.29, 1.82) is 0 Å². The Kier molecular flexibility index (Phi) is 6.74. The molecule has 0 aliphatic rings. The Bertz CT molecular complexity index is 543. The van der Waals surface area contributed by atoms with Crippen molar-refractivity contribution in [2.24, 2.45) is 0 Å². The average molecular weight is 297 g/mol. The molecule has 0 atom stereocenters. The van der Waals surface area contributed by atoms with Crippen LogP contribution in [-0.2, 0) is 23.5 Å². The second-order valence-corrected chi connectivity index (χ2v) is 4.59. The molecule has 2 heterocycles. The molecule has 2 aromatic heterocycles. The molecule has 0 bridgehead atoms. The highest BCUT2D eigenvalue weighted by molar-refractivity contribution is 7.79. The molecule has 0 aliphatic heterocycles. The minimum Gasteiger partial charge on any atom is -0.306 e. The molecule has 3 N–H and O–H groups in total. The Morgan fingerprint density at radius 2 is 1.30 bits per heavy atom. The first-order valence-electron chi connectivity index (χ1n) is 5.65. The molecular formula is C12H15N3O4S. The lowest BCUT2D eigenvalue weighted by atomic mass is 10.3. The summed E-state index contributed by atoms with van der Waals surface area (Å²) in [5.74, 6) is 0. The van der Waals surface area contributed by atoms with E-state index >= 15 is 0 Å². The summed E-state index contributed by atoms with van der Waals surface area (Å²) in [7, 11) is -4.67. The van der Waals surface area contributed by atoms with Crippen molar-refractivity contribution in [3.63, 3.8) is 0 Å². The number of nitrogens with one attached hydrogen (secondary N) is 1. The SMILES string of the molecule is O=S(=O)(O)O.c1ccc(CNCc2ccccn2)nc1. The molecule has 0 aliphatic carbocycles. The van der Waals surface area contributed by atoms with Crippen LogP contribution in [0.3, 0.4) is 0 Å². The van der Waals surface area contributed by atoms with Gasteiger partial charge in [-0.3, -0.25) is 19.1 Å². The van der Waals surface area contributed by atoms with E-state index in [1.807, 2.05) is 36.4 Å². The Morgan fingerprint density at radius 1 is 0.900 bits per heavy atom. The summed E-state index contributed by atoms with van der Waals surface area (Å²) in [5.41, 5.74) is 2.10. The standard InChI is InChI=1S/C12H13N3.H2O4S/c1-3-7-14-11(5-1)9-13-10-12-6-2-4-8-15-12;1-5(2,3)4/h1-8,13H,9-10H2;(H2,1,2,3,4). The van der Waals surface area contributed by atoms with Crippen molar-refractivity contribution in [1.82, 2.24) is 15.3 Å². The molecule has 2 aromatic rings. The Labute approximate surface area is 117 Å². The van der Waals surface area contributed by atoms with E-state index in [0.29, 0.717) is 0 Å². The fraction of sp³-hybridized carbons (Fsp3) is 0.167. The van der Waals surface area contributed by atoms with Gasteiger partial charge in [-0.05, 0) is 24.3 Å². The molecule has 20 heavy (non-hydrogen) atoms. The van der Waals surface area contributed by atoms with E-state index in [1.165, 1.54) is 0 Å². The normalized spacial score (nSPS) is 10.5. The lowest BCUT2D eigenvalue weighted by Crippen LogP contribution is -2.14. The molecule has 0 radical (unpaired) electrons. The van der Waals surface area contributed by atoms with E-state index < -0.39 is 10.4 Å². The van der Waals surface area contributed by atoms with Crippen LogP contribution in [0.4, 0.5) is 0 Å². The highest BCUT2D eigenvalue weighted by Gasteiger charge is 1.94. The zero-order chi connectivity index (χ0) is 14.8. The number of nitrogens with zero attached hydrogens (tertiary/aromatic N) is 2. The minimum atomic E-state index is -4.67. The summed E-state index contributed by atoms with van der Waals surface area (Å²) in [6.07, 6.45) is 3.61. The van der Waals surface area contributed by atoms with Crippen LogP contribution in [0.2, 0.25) is 0 Å². The molecule has 8 heteroatoms. The summed E-state index contributed by atoms with van der Waals surface area (Å²) in [6.45, 7) is 1.55. The highest BCUT2D eigenvalue weighted by atomic mass is 32.3. The monoisotopic (exact) mass is 297 g/mol. The number of hydrogen-bond donors (Lipinski definition) is 3. The first kappa shape index (κ1) is 16.2. The lowest BCUT2D eigenvalue weighted by molar-refractivity contribution is 0.381. The molecule has 108 valence electrons. The zero-order valence-corrected chi connectivity index (χ0v) is 11.4. The molecule has 0 unspecified atom stereocenters. The van der Waals surface area contributed by atoms with E-state index in [-0.39, 0.29) is 0 Å². The van der Waals surface area contributed by atoms with Gasteiger partial charge < -0.3 is 5.32 Å². The molecule has 0 amide bonds. The van der Waals surface area contributed by atoms with Gasteiger partial charge in [-0.25, -0.2) is 0 Å². The first-order chi connectivity index (χ1) is 9.45. The third kappa shape index (κ3) is 9.11. The van der Waals surface area contributed by atoms with E-state index in [0.717, 1.165) is 24.5 Å². The average Bonchev–Trinajstić information content (AvgIpc) is 2.39. The van der Waals surface area contributed by atoms with Crippen LogP contribution in [0.5, 0.6) is 0 Å². The number of pyridine rings is 2. The fourth-order valence-electron chi connectivity index (χ4n) is 1.32. The van der Waals surface area contributed by atoms with Crippen LogP contribution >= 0.6 is 0 Å². The Balaban J connectivity index is 0.000000347. The van der Waals surface area contributed by atoms with Gasteiger partial charge in [0.05, 0.1) is 11.4 Å². The van der Waals surface area contributed by atoms with Crippen molar-refractivity contribution in [3.05, 3.63) is 60.2 Å². The maximum atomic E-state index is 8.74. The Hall–Kier alpha value is -1.87. The number of rotatable bonds is 4. The van der Waals surface area contributed by atoms with Crippen LogP contribution in [0.1, 0.15) is 11.4 Å². The van der Waals surface area contributed by atoms with Gasteiger partial charge in [0.25, 0.3) is 0 Å². The van der Waals surface area contributed by atoms with E-state index in [9.17, 15) is 0 Å². The van der Waals surface area contributed by atoms with Crippen molar-refractivity contribution in [3.8, 4) is 0 Å². The van der Waals surface area contributed by atoms with Gasteiger partial charge in [0.2, 0.25) is 0 Å². The van der Waals surface area contributed by atoms with Crippen molar-refractivity contribution in [2.45, 2.75) is 13.1 Å². The third-order valence-electron chi connectivity index (χ3n) is 2.06. The third-order valence-corrected chi connectivity index (χ3v) is 2.06. The summed E-state index contributed by atoms with van der Waals surface area (Å²) >= 11 is 0. The van der Waals surface area contributed by atoms with Crippen LogP contribution in [0.15, 0.2) is 48.8 Å². The lowest BCUT2D eigenvalue weighted by Gasteiger charge is -2.03. The largest absolute Gasteiger partial charge is 0.394 e. The maximum absolute atomic E-state index is 8.74. The molecule has 0 spiro atoms. The van der Waals surface area contributed by atoms with E-state index in [4.69, 9.17) is 17.5 Å². The molecule has 0 saturated carbocycles. The summed E-state index contributed by atoms with van der Waals surface area (Å²) in [6, 6.07) is 11.8. The van der Waals surface area contributed by atoms with Crippen LogP contribution < -0.4 is 5.32 Å². The zero-order valence-electron chi connectivity index (χ0n) is 10.5. The number of hydrogen-bond acceptors (Lipinski definition) is 5. The van der Waals surface area contributed by atoms with Crippen LogP contribution in [-0.4, -0.2) is 27.5 Å². The summed E-state index contributed by atoms with van der Waals surface area (Å²) in [5, 5.41) is 3.29. The first-order valence-corrected chi connectivity index (χ1v) is 7.05. The predicted molar refractivity (Wildman–Crippen MR) is 73.2 cm³/mol. The van der Waals surface area contributed by atoms with Gasteiger partial charge in [0.1, 0.15) is 0 Å². The van der Waals surface area contributed by atoms with Crippen LogP contribution in [0.25, 0.3) is 0 Å². The molecule has 7 nitrogen and oxygen atoms in total. The molecule has 0 fully saturated rings. The number of aromatic nitrogens is 2.